The Bertz CT molecular complexity index is 446. The molecule has 0 aromatic heterocycles. The second-order valence-corrected chi connectivity index (χ2v) is 4.84. The third kappa shape index (κ3) is 2.18. The molecule has 0 radical (unpaired) electrons. The first-order chi connectivity index (χ1) is 8.56. The van der Waals surface area contributed by atoms with Crippen LogP contribution < -0.4 is 0 Å². The molecule has 1 atom stereocenters. The van der Waals surface area contributed by atoms with Gasteiger partial charge in [0, 0.05) is 5.57 Å². The molecule has 1 aliphatic heterocycles. The summed E-state index contributed by atoms with van der Waals surface area (Å²) in [4.78, 5) is 11.6. The second kappa shape index (κ2) is 4.94. The molecule has 0 bridgehead atoms. The average Bonchev–Trinajstić information content (AvgIpc) is 2.28. The smallest absolute Gasteiger partial charge is 0.333 e. The number of carbonyl (C=O) groups is 1. The van der Waals surface area contributed by atoms with Crippen molar-refractivity contribution in [2.45, 2.75) is 25.4 Å². The Labute approximate surface area is 107 Å². The molecule has 0 spiro atoms. The highest BCUT2D eigenvalue weighted by Gasteiger charge is 2.47. The van der Waals surface area contributed by atoms with E-state index >= 15 is 0 Å². The summed E-state index contributed by atoms with van der Waals surface area (Å²) < 4.78 is 10.8. The van der Waals surface area contributed by atoms with Crippen molar-refractivity contribution >= 4 is 5.97 Å². The Balaban J connectivity index is 2.18. The van der Waals surface area contributed by atoms with Crippen molar-refractivity contribution in [3.05, 3.63) is 48.0 Å². The van der Waals surface area contributed by atoms with Crippen LogP contribution in [0.3, 0.4) is 0 Å². The molecule has 18 heavy (non-hydrogen) atoms. The Hall–Kier alpha value is -1.61. The zero-order valence-corrected chi connectivity index (χ0v) is 10.8. The van der Waals surface area contributed by atoms with Gasteiger partial charge in [-0.1, -0.05) is 36.9 Å². The average molecular weight is 246 g/mol. The van der Waals surface area contributed by atoms with E-state index in [-0.39, 0.29) is 17.5 Å². The molecule has 1 fully saturated rings. The van der Waals surface area contributed by atoms with E-state index in [1.807, 2.05) is 37.3 Å². The third-order valence-corrected chi connectivity index (χ3v) is 3.48. The monoisotopic (exact) mass is 246 g/mol. The van der Waals surface area contributed by atoms with Crippen LogP contribution in [0, 0.1) is 0 Å². The summed E-state index contributed by atoms with van der Waals surface area (Å²) in [7, 11) is 0. The van der Waals surface area contributed by atoms with E-state index in [1.165, 1.54) is 0 Å². The molecule has 0 N–H and O–H groups in total. The summed E-state index contributed by atoms with van der Waals surface area (Å²) in [6.07, 6.45) is -0.224. The number of hydrogen-bond donors (Lipinski definition) is 0. The van der Waals surface area contributed by atoms with Crippen molar-refractivity contribution in [1.29, 1.82) is 0 Å². The molecule has 1 unspecified atom stereocenters. The van der Waals surface area contributed by atoms with Gasteiger partial charge in [-0.05, 0) is 19.4 Å². The molecular weight excluding hydrogens is 228 g/mol. The lowest BCUT2D eigenvalue weighted by atomic mass is 9.74. The third-order valence-electron chi connectivity index (χ3n) is 3.48. The van der Waals surface area contributed by atoms with Crippen LogP contribution in [0.4, 0.5) is 0 Å². The molecule has 2 rings (SSSR count). The molecule has 3 nitrogen and oxygen atoms in total. The van der Waals surface area contributed by atoms with Gasteiger partial charge in [-0.2, -0.15) is 0 Å². The molecule has 0 amide bonds. The summed E-state index contributed by atoms with van der Waals surface area (Å²) in [5.74, 6) is -0.343. The molecule has 1 aliphatic rings. The quantitative estimate of drug-likeness (QED) is 0.604. The maximum absolute atomic E-state index is 11.6. The topological polar surface area (TPSA) is 35.5 Å². The molecule has 1 aromatic carbocycles. The molecule has 0 aliphatic carbocycles. The standard InChI is InChI=1S/C15H18O3/c1-11(2)14(16)18-12(3)15(9-17-10-15)13-7-5-4-6-8-13/h4-8,12H,1,9-10H2,2-3H3. The number of hydrogen-bond acceptors (Lipinski definition) is 3. The van der Waals surface area contributed by atoms with Crippen LogP contribution in [0.1, 0.15) is 19.4 Å². The van der Waals surface area contributed by atoms with E-state index < -0.39 is 0 Å². The minimum Gasteiger partial charge on any atom is -0.458 e. The Morgan fingerprint density at radius 2 is 2.00 bits per heavy atom. The van der Waals surface area contributed by atoms with Crippen molar-refractivity contribution in [3.63, 3.8) is 0 Å². The summed E-state index contributed by atoms with van der Waals surface area (Å²) in [6, 6.07) is 10.0. The number of benzene rings is 1. The zero-order valence-electron chi connectivity index (χ0n) is 10.8. The first-order valence-electron chi connectivity index (χ1n) is 6.06. The van der Waals surface area contributed by atoms with Crippen LogP contribution in [0.15, 0.2) is 42.5 Å². The van der Waals surface area contributed by atoms with Crippen LogP contribution in [0.5, 0.6) is 0 Å². The summed E-state index contributed by atoms with van der Waals surface area (Å²) >= 11 is 0. The zero-order chi connectivity index (χ0) is 13.2. The fourth-order valence-corrected chi connectivity index (χ4v) is 2.10. The van der Waals surface area contributed by atoms with Crippen molar-refractivity contribution in [1.82, 2.24) is 0 Å². The van der Waals surface area contributed by atoms with Gasteiger partial charge in [-0.15, -0.1) is 0 Å². The molecule has 1 saturated heterocycles. The Morgan fingerprint density at radius 3 is 2.44 bits per heavy atom. The van der Waals surface area contributed by atoms with E-state index in [0.717, 1.165) is 5.56 Å². The van der Waals surface area contributed by atoms with E-state index in [1.54, 1.807) is 6.92 Å². The van der Waals surface area contributed by atoms with Crippen LogP contribution >= 0.6 is 0 Å². The normalized spacial score (nSPS) is 18.6. The van der Waals surface area contributed by atoms with Gasteiger partial charge in [0.2, 0.25) is 0 Å². The molecule has 1 heterocycles. The molecule has 96 valence electrons. The van der Waals surface area contributed by atoms with Gasteiger partial charge in [0.25, 0.3) is 0 Å². The minimum atomic E-state index is -0.343. The Morgan fingerprint density at radius 1 is 1.39 bits per heavy atom. The summed E-state index contributed by atoms with van der Waals surface area (Å²) in [5, 5.41) is 0. The van der Waals surface area contributed by atoms with Crippen molar-refractivity contribution in [3.8, 4) is 0 Å². The van der Waals surface area contributed by atoms with Crippen molar-refractivity contribution < 1.29 is 14.3 Å². The molecule has 0 saturated carbocycles. The maximum atomic E-state index is 11.6. The van der Waals surface area contributed by atoms with E-state index in [9.17, 15) is 4.79 Å². The highest BCUT2D eigenvalue weighted by Crippen LogP contribution is 2.37. The van der Waals surface area contributed by atoms with Crippen LogP contribution in [-0.4, -0.2) is 25.3 Å². The predicted octanol–water partition coefficient (Wildman–Crippen LogP) is 2.46. The molecule has 3 heteroatoms. The van der Waals surface area contributed by atoms with E-state index in [4.69, 9.17) is 9.47 Å². The van der Waals surface area contributed by atoms with Crippen LogP contribution in [0.2, 0.25) is 0 Å². The highest BCUT2D eigenvalue weighted by atomic mass is 16.6. The van der Waals surface area contributed by atoms with E-state index in [0.29, 0.717) is 18.8 Å². The van der Waals surface area contributed by atoms with Gasteiger partial charge in [-0.3, -0.25) is 0 Å². The highest BCUT2D eigenvalue weighted by molar-refractivity contribution is 5.87. The fourth-order valence-electron chi connectivity index (χ4n) is 2.10. The van der Waals surface area contributed by atoms with Gasteiger partial charge >= 0.3 is 5.97 Å². The first kappa shape index (κ1) is 12.8. The largest absolute Gasteiger partial charge is 0.458 e. The van der Waals surface area contributed by atoms with E-state index in [2.05, 4.69) is 6.58 Å². The molecular formula is C15H18O3. The van der Waals surface area contributed by atoms with Crippen molar-refractivity contribution in [2.75, 3.05) is 13.2 Å². The van der Waals surface area contributed by atoms with Gasteiger partial charge in [0.15, 0.2) is 0 Å². The summed E-state index contributed by atoms with van der Waals surface area (Å²) in [5.41, 5.74) is 1.36. The number of ether oxygens (including phenoxy) is 2. The van der Waals surface area contributed by atoms with Gasteiger partial charge in [-0.25, -0.2) is 4.79 Å². The SMILES string of the molecule is C=C(C)C(=O)OC(C)C1(c2ccccc2)COC1. The first-order valence-corrected chi connectivity index (χ1v) is 6.06. The lowest BCUT2D eigenvalue weighted by Gasteiger charge is -2.45. The minimum absolute atomic E-state index is 0.216. The predicted molar refractivity (Wildman–Crippen MR) is 69.3 cm³/mol. The van der Waals surface area contributed by atoms with Crippen molar-refractivity contribution in [2.24, 2.45) is 0 Å². The number of carbonyl (C=O) groups excluding carboxylic acids is 1. The van der Waals surface area contributed by atoms with Gasteiger partial charge in [0.1, 0.15) is 6.10 Å². The lowest BCUT2D eigenvalue weighted by Crippen LogP contribution is -2.55. The van der Waals surface area contributed by atoms with Crippen LogP contribution in [0.25, 0.3) is 0 Å². The maximum Gasteiger partial charge on any atom is 0.333 e. The number of esters is 1. The van der Waals surface area contributed by atoms with Crippen LogP contribution in [-0.2, 0) is 19.7 Å². The summed E-state index contributed by atoms with van der Waals surface area (Å²) in [6.45, 7) is 8.34. The second-order valence-electron chi connectivity index (χ2n) is 4.84. The van der Waals surface area contributed by atoms with Gasteiger partial charge in [0.05, 0.1) is 18.6 Å². The number of rotatable bonds is 4. The van der Waals surface area contributed by atoms with Gasteiger partial charge < -0.3 is 9.47 Å². The molecule has 1 aromatic rings. The fraction of sp³-hybridized carbons (Fsp3) is 0.400. The lowest BCUT2D eigenvalue weighted by molar-refractivity contribution is -0.164. The Kier molecular flexibility index (Phi) is 3.53.